The third-order valence-corrected chi connectivity index (χ3v) is 6.42. The van der Waals surface area contributed by atoms with Gasteiger partial charge in [0.15, 0.2) is 11.9 Å². The maximum absolute atomic E-state index is 12.6. The van der Waals surface area contributed by atoms with Gasteiger partial charge in [-0.15, -0.1) is 18.3 Å². The van der Waals surface area contributed by atoms with Gasteiger partial charge in [0.2, 0.25) is 5.95 Å². The number of anilines is 1. The minimum absolute atomic E-state index is 0.112. The molecular weight excluding hydrogens is 563 g/mol. The minimum Gasteiger partial charge on any atom is -0.406 e. The van der Waals surface area contributed by atoms with Crippen molar-refractivity contribution in [1.29, 1.82) is 0 Å². The van der Waals surface area contributed by atoms with Gasteiger partial charge >= 0.3 is 6.36 Å². The molecule has 1 fully saturated rings. The van der Waals surface area contributed by atoms with Gasteiger partial charge in [-0.1, -0.05) is 29.4 Å². The molecule has 1 aliphatic rings. The quantitative estimate of drug-likeness (QED) is 0.276. The second-order valence-electron chi connectivity index (χ2n) is 9.18. The van der Waals surface area contributed by atoms with Crippen molar-refractivity contribution in [2.24, 2.45) is 12.2 Å². The number of rotatable bonds is 10. The van der Waals surface area contributed by atoms with Crippen molar-refractivity contribution in [1.82, 2.24) is 14.8 Å². The Morgan fingerprint density at radius 3 is 2.24 bits per heavy atom. The van der Waals surface area contributed by atoms with Crippen LogP contribution in [0.3, 0.4) is 0 Å². The number of carbonyl (C=O) groups is 1. The van der Waals surface area contributed by atoms with Gasteiger partial charge in [0.25, 0.3) is 12.2 Å². The summed E-state index contributed by atoms with van der Waals surface area (Å²) < 4.78 is 64.7. The summed E-state index contributed by atoms with van der Waals surface area (Å²) in [4.78, 5) is 22.5. The van der Waals surface area contributed by atoms with Crippen molar-refractivity contribution in [3.8, 4) is 17.1 Å². The van der Waals surface area contributed by atoms with Crippen molar-refractivity contribution in [3.63, 3.8) is 0 Å². The van der Waals surface area contributed by atoms with Crippen molar-refractivity contribution in [2.45, 2.75) is 44.0 Å². The van der Waals surface area contributed by atoms with E-state index in [1.165, 1.54) is 30.1 Å². The van der Waals surface area contributed by atoms with E-state index in [0.29, 0.717) is 11.4 Å². The molecular formula is C27H30F3N5O7. The maximum atomic E-state index is 12.6. The fraction of sp³-hybridized carbons (Fsp3) is 0.407. The summed E-state index contributed by atoms with van der Waals surface area (Å²) in [6.07, 6.45) is -5.75. The largest absolute Gasteiger partial charge is 0.573 e. The lowest BCUT2D eigenvalue weighted by Crippen LogP contribution is -2.59. The van der Waals surface area contributed by atoms with Gasteiger partial charge in [0.1, 0.15) is 18.0 Å². The number of hydrogen-bond donors (Lipinski definition) is 1. The van der Waals surface area contributed by atoms with Gasteiger partial charge in [-0.25, -0.2) is 4.68 Å². The summed E-state index contributed by atoms with van der Waals surface area (Å²) >= 11 is 0. The Morgan fingerprint density at radius 2 is 1.64 bits per heavy atom. The number of methoxy groups -OCH3 is 3. The zero-order valence-corrected chi connectivity index (χ0v) is 23.4. The summed E-state index contributed by atoms with van der Waals surface area (Å²) in [5.74, 6) is -0.531. The number of halogens is 3. The molecule has 1 saturated heterocycles. The summed E-state index contributed by atoms with van der Waals surface area (Å²) in [5, 5.41) is 11.0. The lowest BCUT2D eigenvalue weighted by molar-refractivity contribution is -0.305. The smallest absolute Gasteiger partial charge is 0.406 e. The van der Waals surface area contributed by atoms with E-state index >= 15 is 0 Å². The molecule has 226 valence electrons. The van der Waals surface area contributed by atoms with E-state index in [0.717, 1.165) is 17.7 Å². The molecule has 0 saturated carbocycles. The topological polar surface area (TPSA) is 128 Å². The standard InChI is InChI=1S/C27H30F3N5O7/c1-15-20(37-3)21(38-4)22(39-5)25(40-15)42-31-14-16-6-8-17(9-7-16)23-32-26(35(2)34-23)33-24(36)18-10-12-19(13-11-18)41-27(28,29)30/h6-15,20-22,25H,1-5H3,(H,32,33,34,36)/b31-14+/t15-,20-,21+,22+,25-/m0/s1. The first-order chi connectivity index (χ1) is 20.0. The third-order valence-electron chi connectivity index (χ3n) is 6.42. The van der Waals surface area contributed by atoms with E-state index < -0.39 is 36.5 Å². The SMILES string of the molecule is CO[C@@H]1[C@@H](OC)[C@H](C)O[C@@H](O/N=C/c2ccc(-c3nc(NC(=O)c4ccc(OC(F)(F)F)cc4)n(C)n3)cc2)[C@@H]1OC. The van der Waals surface area contributed by atoms with Crippen LogP contribution in [0.1, 0.15) is 22.8 Å². The van der Waals surface area contributed by atoms with Gasteiger partial charge in [0, 0.05) is 39.5 Å². The molecule has 0 spiro atoms. The van der Waals surface area contributed by atoms with Gasteiger partial charge in [0.05, 0.1) is 12.3 Å². The first-order valence-corrected chi connectivity index (χ1v) is 12.6. The summed E-state index contributed by atoms with van der Waals surface area (Å²) in [7, 11) is 6.26. The Kier molecular flexibility index (Phi) is 9.78. The van der Waals surface area contributed by atoms with Crippen LogP contribution in [-0.4, -0.2) is 85.3 Å². The average molecular weight is 594 g/mol. The number of nitrogens with zero attached hydrogens (tertiary/aromatic N) is 4. The normalized spacial score (nSPS) is 22.7. The first-order valence-electron chi connectivity index (χ1n) is 12.6. The van der Waals surface area contributed by atoms with Crippen LogP contribution in [0.25, 0.3) is 11.4 Å². The summed E-state index contributed by atoms with van der Waals surface area (Å²) in [6.45, 7) is 1.85. The summed E-state index contributed by atoms with van der Waals surface area (Å²) in [5.41, 5.74) is 1.49. The second-order valence-corrected chi connectivity index (χ2v) is 9.18. The van der Waals surface area contributed by atoms with Crippen molar-refractivity contribution >= 4 is 18.1 Å². The number of ether oxygens (including phenoxy) is 5. The van der Waals surface area contributed by atoms with Crippen molar-refractivity contribution in [3.05, 3.63) is 59.7 Å². The van der Waals surface area contributed by atoms with Gasteiger partial charge in [-0.3, -0.25) is 10.1 Å². The van der Waals surface area contributed by atoms with Crippen LogP contribution in [0, 0.1) is 0 Å². The first kappa shape index (κ1) is 30.9. The number of aromatic nitrogens is 3. The Hall–Kier alpha value is -4.05. The molecule has 4 rings (SSSR count). The average Bonchev–Trinajstić information content (AvgIpc) is 3.32. The van der Waals surface area contributed by atoms with Crippen LogP contribution in [0.2, 0.25) is 0 Å². The van der Waals surface area contributed by atoms with E-state index in [4.69, 9.17) is 23.8 Å². The summed E-state index contributed by atoms with van der Waals surface area (Å²) in [6, 6.07) is 11.6. The third kappa shape index (κ3) is 7.42. The second kappa shape index (κ2) is 13.3. The Balaban J connectivity index is 1.37. The van der Waals surface area contributed by atoms with Crippen LogP contribution in [0.15, 0.2) is 53.7 Å². The zero-order chi connectivity index (χ0) is 30.4. The van der Waals surface area contributed by atoms with E-state index in [1.54, 1.807) is 45.5 Å². The molecule has 1 N–H and O–H groups in total. The number of oxime groups is 1. The molecule has 12 nitrogen and oxygen atoms in total. The highest BCUT2D eigenvalue weighted by atomic mass is 19.4. The highest BCUT2D eigenvalue weighted by molar-refractivity contribution is 6.03. The van der Waals surface area contributed by atoms with Crippen LogP contribution >= 0.6 is 0 Å². The van der Waals surface area contributed by atoms with E-state index in [1.807, 2.05) is 6.92 Å². The highest BCUT2D eigenvalue weighted by Crippen LogP contribution is 2.28. The minimum atomic E-state index is -4.82. The molecule has 0 aliphatic carbocycles. The van der Waals surface area contributed by atoms with Crippen LogP contribution < -0.4 is 10.1 Å². The fourth-order valence-corrected chi connectivity index (χ4v) is 4.37. The molecule has 5 atom stereocenters. The predicted octanol–water partition coefficient (Wildman–Crippen LogP) is 3.77. The molecule has 1 aromatic heterocycles. The van der Waals surface area contributed by atoms with Crippen molar-refractivity contribution in [2.75, 3.05) is 26.6 Å². The molecule has 3 aromatic rings. The van der Waals surface area contributed by atoms with E-state index in [2.05, 4.69) is 25.3 Å². The molecule has 42 heavy (non-hydrogen) atoms. The van der Waals surface area contributed by atoms with Gasteiger partial charge < -0.3 is 28.5 Å². The highest BCUT2D eigenvalue weighted by Gasteiger charge is 2.47. The predicted molar refractivity (Wildman–Crippen MR) is 143 cm³/mol. The Morgan fingerprint density at radius 1 is 1.00 bits per heavy atom. The molecule has 2 aromatic carbocycles. The Labute approximate surface area is 239 Å². The molecule has 0 unspecified atom stereocenters. The number of benzene rings is 2. The van der Waals surface area contributed by atoms with Crippen LogP contribution in [-0.2, 0) is 30.8 Å². The number of amides is 1. The van der Waals surface area contributed by atoms with Crippen LogP contribution in [0.4, 0.5) is 19.1 Å². The zero-order valence-electron chi connectivity index (χ0n) is 23.4. The lowest BCUT2D eigenvalue weighted by Gasteiger charge is -2.42. The van der Waals surface area contributed by atoms with E-state index in [9.17, 15) is 18.0 Å². The Bertz CT molecular complexity index is 1370. The number of hydrogen-bond acceptors (Lipinski definition) is 10. The fourth-order valence-electron chi connectivity index (χ4n) is 4.37. The number of aryl methyl sites for hydroxylation is 1. The van der Waals surface area contributed by atoms with E-state index in [-0.39, 0.29) is 23.7 Å². The number of nitrogens with one attached hydrogen (secondary N) is 1. The molecule has 1 aliphatic heterocycles. The van der Waals surface area contributed by atoms with Gasteiger partial charge in [-0.2, -0.15) is 4.98 Å². The molecule has 1 amide bonds. The number of carbonyl (C=O) groups excluding carboxylic acids is 1. The van der Waals surface area contributed by atoms with Gasteiger partial charge in [-0.05, 0) is 36.8 Å². The monoisotopic (exact) mass is 593 g/mol. The molecule has 0 radical (unpaired) electrons. The molecule has 0 bridgehead atoms. The number of alkyl halides is 3. The lowest BCUT2D eigenvalue weighted by atomic mass is 9.99. The maximum Gasteiger partial charge on any atom is 0.573 e. The van der Waals surface area contributed by atoms with Crippen molar-refractivity contribution < 1.29 is 46.5 Å². The molecule has 2 heterocycles. The van der Waals surface area contributed by atoms with Crippen LogP contribution in [0.5, 0.6) is 5.75 Å². The molecule has 15 heteroatoms.